The Kier molecular flexibility index (Phi) is 5.11. The topological polar surface area (TPSA) is 50.7 Å². The molecule has 0 fully saturated rings. The lowest BCUT2D eigenvalue weighted by molar-refractivity contribution is 1.12. The van der Waals surface area contributed by atoms with Crippen molar-refractivity contribution in [1.29, 1.82) is 0 Å². The molecular weight excluding hydrogens is 380 g/mol. The number of anilines is 1. The summed E-state index contributed by atoms with van der Waals surface area (Å²) in [6.45, 7) is 2.83. The number of aryl methyl sites for hydroxylation is 1. The van der Waals surface area contributed by atoms with Crippen LogP contribution in [-0.4, -0.2) is 15.0 Å². The van der Waals surface area contributed by atoms with Gasteiger partial charge in [0.15, 0.2) is 0 Å². The fraction of sp³-hybridized carbons (Fsp3) is 0.0741. The van der Waals surface area contributed by atoms with Gasteiger partial charge in [-0.05, 0) is 47.2 Å². The van der Waals surface area contributed by atoms with Crippen LogP contribution in [0.2, 0.25) is 0 Å². The van der Waals surface area contributed by atoms with Crippen LogP contribution in [0.4, 0.5) is 5.82 Å². The average Bonchev–Trinajstić information content (AvgIpc) is 2.83. The van der Waals surface area contributed by atoms with Gasteiger partial charge in [0.2, 0.25) is 0 Å². The quantitative estimate of drug-likeness (QED) is 0.376. The van der Waals surface area contributed by atoms with Crippen LogP contribution in [0.1, 0.15) is 11.1 Å². The smallest absolute Gasteiger partial charge is 0.134 e. The molecule has 0 aliphatic heterocycles. The molecule has 0 saturated carbocycles. The van der Waals surface area contributed by atoms with E-state index in [9.17, 15) is 0 Å². The minimum Gasteiger partial charge on any atom is -0.365 e. The Labute approximate surface area is 181 Å². The monoisotopic (exact) mass is 402 g/mol. The number of nitrogens with one attached hydrogen (secondary N) is 1. The molecule has 3 aromatic carbocycles. The van der Waals surface area contributed by atoms with E-state index in [0.717, 1.165) is 27.8 Å². The zero-order valence-electron chi connectivity index (χ0n) is 17.3. The second kappa shape index (κ2) is 8.36. The molecule has 0 spiro atoms. The molecule has 0 unspecified atom stereocenters. The summed E-state index contributed by atoms with van der Waals surface area (Å²) in [6.07, 6.45) is 7.01. The maximum absolute atomic E-state index is 4.56. The molecule has 1 N–H and O–H groups in total. The number of benzene rings is 3. The molecule has 0 saturated heterocycles. The number of rotatable bonds is 5. The van der Waals surface area contributed by atoms with Crippen molar-refractivity contribution in [3.05, 3.63) is 109 Å². The van der Waals surface area contributed by atoms with Crippen LogP contribution in [0.5, 0.6) is 0 Å². The summed E-state index contributed by atoms with van der Waals surface area (Å²) in [4.78, 5) is 13.1. The molecule has 5 aromatic rings. The second-order valence-corrected chi connectivity index (χ2v) is 7.61. The van der Waals surface area contributed by atoms with Gasteiger partial charge in [0.05, 0.1) is 11.9 Å². The summed E-state index contributed by atoms with van der Waals surface area (Å²) in [6, 6.07) is 25.6. The van der Waals surface area contributed by atoms with Gasteiger partial charge in [-0.2, -0.15) is 0 Å². The number of pyridine rings is 1. The number of fused-ring (bicyclic) bond motifs is 1. The van der Waals surface area contributed by atoms with Gasteiger partial charge in [0.25, 0.3) is 0 Å². The second-order valence-electron chi connectivity index (χ2n) is 7.61. The highest BCUT2D eigenvalue weighted by atomic mass is 15.0. The minimum atomic E-state index is 0.714. The zero-order valence-corrected chi connectivity index (χ0v) is 17.3. The molecule has 0 radical (unpaired) electrons. The van der Waals surface area contributed by atoms with Crippen LogP contribution in [-0.2, 0) is 6.54 Å². The Balaban J connectivity index is 1.35. The minimum absolute atomic E-state index is 0.714. The van der Waals surface area contributed by atoms with E-state index >= 15 is 0 Å². The van der Waals surface area contributed by atoms with Crippen molar-refractivity contribution in [1.82, 2.24) is 15.0 Å². The first-order chi connectivity index (χ1) is 15.3. The largest absolute Gasteiger partial charge is 0.365 e. The van der Waals surface area contributed by atoms with E-state index in [1.807, 2.05) is 12.3 Å². The molecule has 0 amide bonds. The zero-order chi connectivity index (χ0) is 21.0. The van der Waals surface area contributed by atoms with Gasteiger partial charge in [-0.15, -0.1) is 0 Å². The van der Waals surface area contributed by atoms with E-state index in [1.54, 1.807) is 18.6 Å². The fourth-order valence-electron chi connectivity index (χ4n) is 3.75. The molecule has 2 aromatic heterocycles. The predicted molar refractivity (Wildman–Crippen MR) is 127 cm³/mol. The van der Waals surface area contributed by atoms with E-state index in [2.05, 4.69) is 93.9 Å². The van der Waals surface area contributed by atoms with Gasteiger partial charge in [-0.25, -0.2) is 4.98 Å². The van der Waals surface area contributed by atoms with E-state index in [0.29, 0.717) is 6.54 Å². The third-order valence-electron chi connectivity index (χ3n) is 5.39. The molecule has 0 atom stereocenters. The third-order valence-corrected chi connectivity index (χ3v) is 5.39. The summed E-state index contributed by atoms with van der Waals surface area (Å²) in [5.74, 6) is 0.881. The van der Waals surface area contributed by atoms with Gasteiger partial charge < -0.3 is 5.32 Å². The number of hydrogen-bond acceptors (Lipinski definition) is 4. The highest BCUT2D eigenvalue weighted by Crippen LogP contribution is 2.27. The van der Waals surface area contributed by atoms with Crippen molar-refractivity contribution in [3.63, 3.8) is 0 Å². The summed E-state index contributed by atoms with van der Waals surface area (Å²) < 4.78 is 0. The lowest BCUT2D eigenvalue weighted by atomic mass is 10.0. The first-order valence-electron chi connectivity index (χ1n) is 10.3. The highest BCUT2D eigenvalue weighted by Gasteiger charge is 2.06. The van der Waals surface area contributed by atoms with Crippen molar-refractivity contribution in [2.75, 3.05) is 5.32 Å². The van der Waals surface area contributed by atoms with E-state index in [-0.39, 0.29) is 0 Å². The average molecular weight is 403 g/mol. The van der Waals surface area contributed by atoms with E-state index in [4.69, 9.17) is 0 Å². The molecule has 31 heavy (non-hydrogen) atoms. The SMILES string of the molecule is Cc1cccc(-c2ccc(CNc3nccc4cc(-c5cnccn5)ccc34)cc2)c1. The predicted octanol–water partition coefficient (Wildman–Crippen LogP) is 6.28. The molecular formula is C27H22N4. The molecule has 4 nitrogen and oxygen atoms in total. The van der Waals surface area contributed by atoms with Crippen molar-refractivity contribution in [2.24, 2.45) is 0 Å². The van der Waals surface area contributed by atoms with E-state index < -0.39 is 0 Å². The van der Waals surface area contributed by atoms with Crippen LogP contribution in [0.3, 0.4) is 0 Å². The molecule has 0 aliphatic carbocycles. The molecule has 4 heteroatoms. The highest BCUT2D eigenvalue weighted by molar-refractivity contribution is 5.94. The lowest BCUT2D eigenvalue weighted by Crippen LogP contribution is -2.02. The first kappa shape index (κ1) is 18.9. The van der Waals surface area contributed by atoms with Crippen LogP contribution in [0, 0.1) is 6.92 Å². The van der Waals surface area contributed by atoms with Gasteiger partial charge >= 0.3 is 0 Å². The summed E-state index contributed by atoms with van der Waals surface area (Å²) in [5, 5.41) is 5.70. The van der Waals surface area contributed by atoms with Crippen molar-refractivity contribution in [2.45, 2.75) is 13.5 Å². The van der Waals surface area contributed by atoms with Crippen LogP contribution >= 0.6 is 0 Å². The fourth-order valence-corrected chi connectivity index (χ4v) is 3.75. The molecule has 150 valence electrons. The van der Waals surface area contributed by atoms with Crippen LogP contribution in [0.25, 0.3) is 33.2 Å². The molecule has 5 rings (SSSR count). The summed E-state index contributed by atoms with van der Waals surface area (Å²) in [5.41, 5.74) is 6.87. The molecule has 0 bridgehead atoms. The van der Waals surface area contributed by atoms with Crippen molar-refractivity contribution in [3.8, 4) is 22.4 Å². The van der Waals surface area contributed by atoms with Crippen LogP contribution in [0.15, 0.2) is 97.6 Å². The first-order valence-corrected chi connectivity index (χ1v) is 10.3. The molecule has 0 aliphatic rings. The standard InChI is InChI=1S/C27H22N4/c1-19-3-2-4-22(15-19)21-7-5-20(6-8-21)17-31-27-25-10-9-24(16-23(25)11-12-30-27)26-18-28-13-14-29-26/h2-16,18H,17H2,1H3,(H,30,31). The van der Waals surface area contributed by atoms with Gasteiger partial charge in [0, 0.05) is 36.1 Å². The Morgan fingerprint density at radius 1 is 0.742 bits per heavy atom. The third kappa shape index (κ3) is 4.14. The maximum Gasteiger partial charge on any atom is 0.134 e. The molecule has 2 heterocycles. The Morgan fingerprint density at radius 3 is 2.42 bits per heavy atom. The normalized spacial score (nSPS) is 10.9. The van der Waals surface area contributed by atoms with Gasteiger partial charge in [0.1, 0.15) is 5.82 Å². The van der Waals surface area contributed by atoms with Gasteiger partial charge in [-0.1, -0.05) is 60.2 Å². The number of nitrogens with zero attached hydrogens (tertiary/aromatic N) is 3. The van der Waals surface area contributed by atoms with Crippen molar-refractivity contribution < 1.29 is 0 Å². The van der Waals surface area contributed by atoms with Crippen LogP contribution < -0.4 is 5.32 Å². The van der Waals surface area contributed by atoms with E-state index in [1.165, 1.54) is 22.3 Å². The number of aromatic nitrogens is 3. The maximum atomic E-state index is 4.56. The Hall–Kier alpha value is -4.05. The van der Waals surface area contributed by atoms with Gasteiger partial charge in [-0.3, -0.25) is 9.97 Å². The summed E-state index contributed by atoms with van der Waals surface area (Å²) in [7, 11) is 0. The Bertz CT molecular complexity index is 1330. The van der Waals surface area contributed by atoms with Crippen molar-refractivity contribution >= 4 is 16.6 Å². The number of hydrogen-bond donors (Lipinski definition) is 1. The lowest BCUT2D eigenvalue weighted by Gasteiger charge is -2.11. The summed E-state index contributed by atoms with van der Waals surface area (Å²) >= 11 is 0. The Morgan fingerprint density at radius 2 is 1.61 bits per heavy atom.